The predicted molar refractivity (Wildman–Crippen MR) is 106 cm³/mol. The number of ether oxygens (including phenoxy) is 1. The van der Waals surface area contributed by atoms with Crippen LogP contribution in [0, 0.1) is 5.41 Å². The second-order valence-electron chi connectivity index (χ2n) is 7.85. The van der Waals surface area contributed by atoms with Gasteiger partial charge in [-0.3, -0.25) is 4.99 Å². The average molecular weight is 443 g/mol. The predicted octanol–water partition coefficient (Wildman–Crippen LogP) is 2.45. The van der Waals surface area contributed by atoms with Gasteiger partial charge in [0.25, 0.3) is 0 Å². The van der Waals surface area contributed by atoms with Crippen LogP contribution in [0.3, 0.4) is 0 Å². The van der Waals surface area contributed by atoms with Crippen LogP contribution in [0.2, 0.25) is 0 Å². The molecule has 1 saturated heterocycles. The summed E-state index contributed by atoms with van der Waals surface area (Å²) in [6.45, 7) is 3.87. The van der Waals surface area contributed by atoms with E-state index in [1.807, 2.05) is 6.92 Å². The summed E-state index contributed by atoms with van der Waals surface area (Å²) in [5.41, 5.74) is -5.07. The Balaban J connectivity index is 1.83. The van der Waals surface area contributed by atoms with E-state index in [1.54, 1.807) is 7.05 Å². The van der Waals surface area contributed by atoms with Crippen LogP contribution in [-0.4, -0.2) is 70.1 Å². The highest BCUT2D eigenvalue weighted by molar-refractivity contribution is 7.90. The Morgan fingerprint density at radius 2 is 1.86 bits per heavy atom. The minimum Gasteiger partial charge on any atom is -0.382 e. The molecule has 0 atom stereocenters. The Labute approximate surface area is 171 Å². The third-order valence-corrected chi connectivity index (χ3v) is 7.56. The summed E-state index contributed by atoms with van der Waals surface area (Å²) in [5.74, 6) is 0.602. The van der Waals surface area contributed by atoms with Crippen molar-refractivity contribution in [3.63, 3.8) is 0 Å². The van der Waals surface area contributed by atoms with Crippen molar-refractivity contribution in [3.8, 4) is 0 Å². The van der Waals surface area contributed by atoms with Crippen LogP contribution in [0.4, 0.5) is 13.2 Å². The lowest BCUT2D eigenvalue weighted by Crippen LogP contribution is -2.52. The smallest absolute Gasteiger partial charge is 0.382 e. The van der Waals surface area contributed by atoms with Crippen molar-refractivity contribution < 1.29 is 26.3 Å². The van der Waals surface area contributed by atoms with Crippen molar-refractivity contribution >= 4 is 16.0 Å². The summed E-state index contributed by atoms with van der Waals surface area (Å²) in [6.07, 6.45) is 6.25. The first kappa shape index (κ1) is 24.2. The van der Waals surface area contributed by atoms with Gasteiger partial charge in [-0.05, 0) is 44.4 Å². The molecular formula is C18H33F3N4O3S. The van der Waals surface area contributed by atoms with Crippen molar-refractivity contribution in [2.24, 2.45) is 10.4 Å². The summed E-state index contributed by atoms with van der Waals surface area (Å²) in [6, 6.07) is -0.121. The molecule has 0 spiro atoms. The number of alkyl halides is 3. The number of aliphatic imine (C=N–C) groups is 1. The van der Waals surface area contributed by atoms with Crippen LogP contribution in [0.15, 0.2) is 4.99 Å². The molecule has 2 fully saturated rings. The molecule has 170 valence electrons. The van der Waals surface area contributed by atoms with Crippen LogP contribution < -0.4 is 10.6 Å². The number of nitrogens with one attached hydrogen (secondary N) is 2. The van der Waals surface area contributed by atoms with E-state index in [0.717, 1.165) is 32.4 Å². The van der Waals surface area contributed by atoms with Gasteiger partial charge in [0.1, 0.15) is 0 Å². The largest absolute Gasteiger partial charge is 0.511 e. The monoisotopic (exact) mass is 442 g/mol. The second kappa shape index (κ2) is 10.3. The van der Waals surface area contributed by atoms with Gasteiger partial charge < -0.3 is 15.4 Å². The molecule has 1 heterocycles. The van der Waals surface area contributed by atoms with Gasteiger partial charge in [0.05, 0.1) is 0 Å². The Kier molecular flexibility index (Phi) is 8.59. The number of halogens is 3. The highest BCUT2D eigenvalue weighted by Crippen LogP contribution is 2.40. The zero-order valence-electron chi connectivity index (χ0n) is 17.2. The van der Waals surface area contributed by atoms with Gasteiger partial charge in [-0.25, -0.2) is 8.42 Å². The number of piperidine rings is 1. The molecule has 0 aromatic heterocycles. The van der Waals surface area contributed by atoms with Gasteiger partial charge in [0.15, 0.2) is 5.96 Å². The van der Waals surface area contributed by atoms with Gasteiger partial charge in [-0.15, -0.1) is 0 Å². The van der Waals surface area contributed by atoms with E-state index in [2.05, 4.69) is 15.6 Å². The minimum atomic E-state index is -5.25. The van der Waals surface area contributed by atoms with Crippen molar-refractivity contribution in [1.29, 1.82) is 0 Å². The lowest BCUT2D eigenvalue weighted by atomic mass is 9.83. The normalized spacial score (nSPS) is 22.0. The van der Waals surface area contributed by atoms with Gasteiger partial charge in [-0.1, -0.05) is 12.8 Å². The molecule has 1 aliphatic heterocycles. The zero-order valence-corrected chi connectivity index (χ0v) is 18.0. The lowest BCUT2D eigenvalue weighted by molar-refractivity contribution is -0.0494. The standard InChI is InChI=1S/C18H33F3N4O3S/c1-3-28-13-10-17(8-4-5-9-17)14-23-16(22-2)24-15-6-11-25(12-7-15)29(26,27)18(19,20)21/h15H,3-14H2,1-2H3,(H2,22,23,24). The van der Waals surface area contributed by atoms with Crippen LogP contribution >= 0.6 is 0 Å². The first-order valence-electron chi connectivity index (χ1n) is 10.2. The van der Waals surface area contributed by atoms with Gasteiger partial charge >= 0.3 is 15.5 Å². The zero-order chi connectivity index (χ0) is 21.5. The molecule has 0 bridgehead atoms. The highest BCUT2D eigenvalue weighted by Gasteiger charge is 2.50. The molecule has 0 unspecified atom stereocenters. The summed E-state index contributed by atoms with van der Waals surface area (Å²) in [5, 5.41) is 6.59. The molecule has 7 nitrogen and oxygen atoms in total. The van der Waals surface area contributed by atoms with Crippen molar-refractivity contribution in [1.82, 2.24) is 14.9 Å². The second-order valence-corrected chi connectivity index (χ2v) is 9.78. The molecular weight excluding hydrogens is 409 g/mol. The number of hydrogen-bond acceptors (Lipinski definition) is 4. The fourth-order valence-corrected chi connectivity index (χ4v) is 5.10. The van der Waals surface area contributed by atoms with Crippen molar-refractivity contribution in [2.75, 3.05) is 39.9 Å². The fraction of sp³-hybridized carbons (Fsp3) is 0.944. The summed E-state index contributed by atoms with van der Waals surface area (Å²) in [4.78, 5) is 4.23. The molecule has 29 heavy (non-hydrogen) atoms. The van der Waals surface area contributed by atoms with Crippen LogP contribution in [0.1, 0.15) is 51.9 Å². The van der Waals surface area contributed by atoms with Crippen molar-refractivity contribution in [2.45, 2.75) is 63.4 Å². The third-order valence-electron chi connectivity index (χ3n) is 5.93. The first-order valence-corrected chi connectivity index (χ1v) is 11.7. The fourth-order valence-electron chi connectivity index (χ4n) is 4.12. The Morgan fingerprint density at radius 3 is 2.38 bits per heavy atom. The average Bonchev–Trinajstić information content (AvgIpc) is 3.14. The van der Waals surface area contributed by atoms with Crippen molar-refractivity contribution in [3.05, 3.63) is 0 Å². The summed E-state index contributed by atoms with van der Waals surface area (Å²) < 4.78 is 67.2. The van der Waals surface area contributed by atoms with E-state index in [9.17, 15) is 21.6 Å². The van der Waals surface area contributed by atoms with Gasteiger partial charge in [-0.2, -0.15) is 17.5 Å². The maximum atomic E-state index is 12.7. The molecule has 11 heteroatoms. The van der Waals surface area contributed by atoms with E-state index < -0.39 is 15.5 Å². The maximum Gasteiger partial charge on any atom is 0.511 e. The quantitative estimate of drug-likeness (QED) is 0.343. The van der Waals surface area contributed by atoms with Crippen LogP contribution in [0.5, 0.6) is 0 Å². The molecule has 2 N–H and O–H groups in total. The first-order chi connectivity index (χ1) is 13.6. The van der Waals surface area contributed by atoms with Crippen LogP contribution in [0.25, 0.3) is 0 Å². The third kappa shape index (κ3) is 6.45. The molecule has 0 radical (unpaired) electrons. The Hall–Kier alpha value is -1.07. The van der Waals surface area contributed by atoms with E-state index in [-0.39, 0.29) is 24.5 Å². The van der Waals surface area contributed by atoms with E-state index in [4.69, 9.17) is 4.74 Å². The molecule has 0 amide bonds. The number of sulfonamides is 1. The van der Waals surface area contributed by atoms with E-state index in [1.165, 1.54) is 12.8 Å². The summed E-state index contributed by atoms with van der Waals surface area (Å²) >= 11 is 0. The number of guanidine groups is 1. The molecule has 2 aliphatic rings. The Morgan fingerprint density at radius 1 is 1.24 bits per heavy atom. The number of nitrogens with zero attached hydrogens (tertiary/aromatic N) is 2. The molecule has 1 saturated carbocycles. The number of hydrogen-bond donors (Lipinski definition) is 2. The molecule has 0 aromatic carbocycles. The topological polar surface area (TPSA) is 83.0 Å². The van der Waals surface area contributed by atoms with E-state index in [0.29, 0.717) is 29.7 Å². The SMILES string of the molecule is CCOCCC1(CNC(=NC)NC2CCN(S(=O)(=O)C(F)(F)F)CC2)CCCC1. The van der Waals surface area contributed by atoms with E-state index >= 15 is 0 Å². The molecule has 2 rings (SSSR count). The molecule has 1 aliphatic carbocycles. The highest BCUT2D eigenvalue weighted by atomic mass is 32.2. The maximum absolute atomic E-state index is 12.7. The Bertz CT molecular complexity index is 641. The minimum absolute atomic E-state index is 0.121. The van der Waals surface area contributed by atoms with Crippen LogP contribution in [-0.2, 0) is 14.8 Å². The van der Waals surface area contributed by atoms with Gasteiger partial charge in [0.2, 0.25) is 0 Å². The lowest BCUT2D eigenvalue weighted by Gasteiger charge is -2.34. The van der Waals surface area contributed by atoms with Gasteiger partial charge in [0, 0.05) is 45.9 Å². The summed E-state index contributed by atoms with van der Waals surface area (Å²) in [7, 11) is -3.60. The number of rotatable bonds is 8. The molecule has 0 aromatic rings.